The molecule has 0 aliphatic heterocycles. The van der Waals surface area contributed by atoms with E-state index < -0.39 is 29.0 Å². The Morgan fingerprint density at radius 1 is 1.11 bits per heavy atom. The van der Waals surface area contributed by atoms with Crippen LogP contribution in [-0.2, 0) is 0 Å². The Morgan fingerprint density at radius 2 is 1.44 bits per heavy atom. The topological polar surface area (TPSA) is 110 Å². The van der Waals surface area contributed by atoms with E-state index >= 15 is 0 Å². The molecule has 0 aromatic carbocycles. The number of hydrogen-bond acceptors (Lipinski definition) is 4. The minimum atomic E-state index is -1.25. The van der Waals surface area contributed by atoms with E-state index in [0.29, 0.717) is 0 Å². The fourth-order valence-electron chi connectivity index (χ4n) is 0.133. The summed E-state index contributed by atoms with van der Waals surface area (Å²) < 4.78 is -0.923. The van der Waals surface area contributed by atoms with E-state index in [9.17, 15) is 9.59 Å². The van der Waals surface area contributed by atoms with Crippen LogP contribution in [0, 0.1) is 0 Å². The third-order valence-electron chi connectivity index (χ3n) is 0.399. The van der Waals surface area contributed by atoms with Crippen LogP contribution in [0.5, 0.6) is 0 Å². The van der Waals surface area contributed by atoms with Crippen LogP contribution in [0.4, 0.5) is 9.59 Å². The van der Waals surface area contributed by atoms with E-state index in [-0.39, 0.29) is 0 Å². The summed E-state index contributed by atoms with van der Waals surface area (Å²) in [6.45, 7) is 0. The third-order valence-corrected chi connectivity index (χ3v) is 2.00. The summed E-state index contributed by atoms with van der Waals surface area (Å²) in [5.41, 5.74) is 3.65. The molecule has 9 heavy (non-hydrogen) atoms. The molecule has 0 aromatic rings. The number of nitrogens with two attached hydrogens (primary N) is 2. The molecule has 0 radical (unpaired) electrons. The molecule has 0 unspecified atom stereocenters. The molecule has 6 nitrogen and oxygen atoms in total. The van der Waals surface area contributed by atoms with E-state index in [0.717, 1.165) is 0 Å². The van der Waals surface area contributed by atoms with Crippen LogP contribution in [0.25, 0.3) is 0 Å². The van der Waals surface area contributed by atoms with Gasteiger partial charge in [-0.15, -0.1) is 0 Å². The SMILES string of the molecule is NNC(=O)[I-]C(=O)NN. The van der Waals surface area contributed by atoms with Gasteiger partial charge in [-0.25, -0.2) is 0 Å². The van der Waals surface area contributed by atoms with Crippen molar-refractivity contribution >= 4 is 7.83 Å². The van der Waals surface area contributed by atoms with Crippen LogP contribution in [0.1, 0.15) is 0 Å². The molecule has 0 aliphatic carbocycles. The van der Waals surface area contributed by atoms with Crippen molar-refractivity contribution in [1.29, 1.82) is 0 Å². The number of carbonyl (C=O) groups is 2. The average Bonchev–Trinajstić information content (AvgIpc) is 1.87. The van der Waals surface area contributed by atoms with Gasteiger partial charge in [-0.3, -0.25) is 0 Å². The molecule has 0 bridgehead atoms. The first kappa shape index (κ1) is 8.59. The number of hydrogen-bond donors (Lipinski definition) is 4. The number of carbonyl (C=O) groups excluding carboxylic acids is 2. The van der Waals surface area contributed by atoms with E-state index in [1.165, 1.54) is 0 Å². The Morgan fingerprint density at radius 3 is 1.67 bits per heavy atom. The predicted molar refractivity (Wildman–Crippen MR) is 25.4 cm³/mol. The van der Waals surface area contributed by atoms with Crippen molar-refractivity contribution in [2.45, 2.75) is 0 Å². The molecule has 7 heteroatoms. The van der Waals surface area contributed by atoms with Crippen molar-refractivity contribution < 1.29 is 30.8 Å². The molecular formula is C2H6IN4O2-. The zero-order chi connectivity index (χ0) is 7.28. The van der Waals surface area contributed by atoms with Gasteiger partial charge in [0.2, 0.25) is 0 Å². The molecule has 2 amide bonds. The Labute approximate surface area is 61.5 Å². The van der Waals surface area contributed by atoms with Gasteiger partial charge in [0.05, 0.1) is 0 Å². The minimum absolute atomic E-state index is 0.461. The van der Waals surface area contributed by atoms with Gasteiger partial charge in [0.25, 0.3) is 0 Å². The molecule has 0 aliphatic rings. The fourth-order valence-corrected chi connectivity index (χ4v) is 0.889. The molecular weight excluding hydrogens is 239 g/mol. The van der Waals surface area contributed by atoms with Crippen molar-refractivity contribution in [3.63, 3.8) is 0 Å². The molecule has 54 valence electrons. The Hall–Kier alpha value is -0.410. The number of halogens is 1. The Kier molecular flexibility index (Phi) is 4.26. The van der Waals surface area contributed by atoms with Gasteiger partial charge < -0.3 is 0 Å². The number of amides is 2. The summed E-state index contributed by atoms with van der Waals surface area (Å²) in [5.74, 6) is 9.36. The number of hydrazine groups is 2. The van der Waals surface area contributed by atoms with E-state index in [1.54, 1.807) is 0 Å². The number of rotatable bonds is 2. The molecule has 0 saturated carbocycles. The summed E-state index contributed by atoms with van der Waals surface area (Å²) in [4.78, 5) is 20.6. The van der Waals surface area contributed by atoms with Gasteiger partial charge in [-0.1, -0.05) is 0 Å². The molecule has 0 fully saturated rings. The Bertz CT molecular complexity index is 112. The first-order valence-electron chi connectivity index (χ1n) is 1.86. The zero-order valence-electron chi connectivity index (χ0n) is 4.35. The zero-order valence-corrected chi connectivity index (χ0v) is 6.51. The maximum absolute atomic E-state index is 10.3. The van der Waals surface area contributed by atoms with Crippen molar-refractivity contribution in [2.75, 3.05) is 0 Å². The third kappa shape index (κ3) is 4.12. The van der Waals surface area contributed by atoms with Crippen LogP contribution in [0.3, 0.4) is 0 Å². The second-order valence-corrected chi connectivity index (χ2v) is 3.43. The van der Waals surface area contributed by atoms with Gasteiger partial charge in [-0.2, -0.15) is 0 Å². The molecule has 0 saturated heterocycles. The van der Waals surface area contributed by atoms with Crippen molar-refractivity contribution in [1.82, 2.24) is 10.9 Å². The van der Waals surface area contributed by atoms with Gasteiger partial charge >= 0.3 is 61.2 Å². The van der Waals surface area contributed by atoms with Gasteiger partial charge in [0, 0.05) is 0 Å². The van der Waals surface area contributed by atoms with Crippen LogP contribution in [-0.4, -0.2) is 7.83 Å². The Balaban J connectivity index is 3.47. The van der Waals surface area contributed by atoms with Crippen molar-refractivity contribution in [3.05, 3.63) is 0 Å². The molecule has 0 heterocycles. The van der Waals surface area contributed by atoms with Crippen molar-refractivity contribution in [3.8, 4) is 0 Å². The van der Waals surface area contributed by atoms with Gasteiger partial charge in [-0.05, 0) is 0 Å². The van der Waals surface area contributed by atoms with Gasteiger partial charge in [0.15, 0.2) is 0 Å². The summed E-state index contributed by atoms with van der Waals surface area (Å²) in [5, 5.41) is 0. The summed E-state index contributed by atoms with van der Waals surface area (Å²) in [7, 11) is 0. The van der Waals surface area contributed by atoms with E-state index in [1.807, 2.05) is 10.9 Å². The summed E-state index contributed by atoms with van der Waals surface area (Å²) in [6.07, 6.45) is 0. The second-order valence-electron chi connectivity index (χ2n) is 0.931. The van der Waals surface area contributed by atoms with Crippen LogP contribution >= 0.6 is 0 Å². The molecule has 0 spiro atoms. The predicted octanol–water partition coefficient (Wildman–Crippen LogP) is -4.76. The average molecular weight is 245 g/mol. The second kappa shape index (κ2) is 4.47. The maximum atomic E-state index is 10.3. The fraction of sp³-hybridized carbons (Fsp3) is 0. The summed E-state index contributed by atoms with van der Waals surface area (Å²) in [6, 6.07) is 0. The first-order chi connectivity index (χ1) is 4.20. The van der Waals surface area contributed by atoms with Crippen molar-refractivity contribution in [2.24, 2.45) is 11.7 Å². The van der Waals surface area contributed by atoms with Crippen LogP contribution < -0.4 is 43.7 Å². The first-order valence-corrected chi connectivity index (χ1v) is 4.02. The normalized spacial score (nSPS) is 8.67. The number of nitrogens with one attached hydrogen (secondary N) is 2. The van der Waals surface area contributed by atoms with E-state index in [2.05, 4.69) is 11.7 Å². The molecule has 6 N–H and O–H groups in total. The molecule has 0 aromatic heterocycles. The van der Waals surface area contributed by atoms with E-state index in [4.69, 9.17) is 0 Å². The van der Waals surface area contributed by atoms with Gasteiger partial charge in [0.1, 0.15) is 0 Å². The van der Waals surface area contributed by atoms with Crippen LogP contribution in [0.15, 0.2) is 0 Å². The molecule has 0 atom stereocenters. The molecule has 0 rings (SSSR count). The van der Waals surface area contributed by atoms with Crippen LogP contribution in [0.2, 0.25) is 0 Å². The summed E-state index contributed by atoms with van der Waals surface area (Å²) >= 11 is -1.25. The monoisotopic (exact) mass is 245 g/mol. The quantitative estimate of drug-likeness (QED) is 0.0977. The standard InChI is InChI=1S/C2H6IN4O2/c4-6-1(8)3-2(9)7-5/h4-5H2,(H,6,8)(H,7,9)/q-1.